The van der Waals surface area contributed by atoms with Crippen LogP contribution in [0.25, 0.3) is 0 Å². The molecule has 0 spiro atoms. The summed E-state index contributed by atoms with van der Waals surface area (Å²) in [5.41, 5.74) is 0.532. The van der Waals surface area contributed by atoms with Gasteiger partial charge in [-0.1, -0.05) is 15.9 Å². The van der Waals surface area contributed by atoms with E-state index in [1.54, 1.807) is 38.2 Å². The summed E-state index contributed by atoms with van der Waals surface area (Å²) >= 11 is 3.32. The van der Waals surface area contributed by atoms with E-state index in [0.29, 0.717) is 17.1 Å². The third-order valence-electron chi connectivity index (χ3n) is 2.25. The topological polar surface area (TPSA) is 55.1 Å². The summed E-state index contributed by atoms with van der Waals surface area (Å²) in [5.74, 6) is 1.61. The van der Waals surface area contributed by atoms with E-state index < -0.39 is 0 Å². The largest absolute Gasteiger partial charge is 0.466 e. The molecule has 1 N–H and O–H groups in total. The van der Waals surface area contributed by atoms with Gasteiger partial charge in [0.25, 0.3) is 5.91 Å². The van der Waals surface area contributed by atoms with Crippen LogP contribution in [-0.4, -0.2) is 10.9 Å². The second-order valence-corrected chi connectivity index (χ2v) is 4.56. The van der Waals surface area contributed by atoms with Gasteiger partial charge in [-0.3, -0.25) is 4.79 Å². The lowest BCUT2D eigenvalue weighted by atomic mass is 10.2. The van der Waals surface area contributed by atoms with Crippen LogP contribution in [0.2, 0.25) is 0 Å². The summed E-state index contributed by atoms with van der Waals surface area (Å²) in [6.07, 6.45) is 1.62. The quantitative estimate of drug-likeness (QED) is 0.924. The number of amides is 1. The fourth-order valence-corrected chi connectivity index (χ4v) is 1.85. The molecule has 0 aromatic carbocycles. The van der Waals surface area contributed by atoms with Crippen molar-refractivity contribution < 1.29 is 9.21 Å². The summed E-state index contributed by atoms with van der Waals surface area (Å²) < 4.78 is 6.17. The lowest BCUT2D eigenvalue weighted by molar-refractivity contribution is 0.102. The molecule has 0 unspecified atom stereocenters. The highest BCUT2D eigenvalue weighted by Crippen LogP contribution is 2.17. The zero-order chi connectivity index (χ0) is 12.4. The number of aryl methyl sites for hydroxylation is 2. The van der Waals surface area contributed by atoms with Crippen molar-refractivity contribution >= 4 is 27.7 Å². The zero-order valence-electron chi connectivity index (χ0n) is 9.45. The third-order valence-corrected chi connectivity index (χ3v) is 2.74. The fourth-order valence-electron chi connectivity index (χ4n) is 1.51. The molecule has 0 radical (unpaired) electrons. The van der Waals surface area contributed by atoms with Gasteiger partial charge in [0.15, 0.2) is 0 Å². The maximum atomic E-state index is 11.9. The van der Waals surface area contributed by atoms with Gasteiger partial charge < -0.3 is 9.73 Å². The molecule has 1 amide bonds. The number of nitrogens with zero attached hydrogens (tertiary/aromatic N) is 1. The molecule has 0 aliphatic rings. The van der Waals surface area contributed by atoms with Crippen LogP contribution in [-0.2, 0) is 0 Å². The highest BCUT2D eigenvalue weighted by atomic mass is 79.9. The molecule has 88 valence electrons. The molecule has 0 saturated carbocycles. The molecule has 0 bridgehead atoms. The van der Waals surface area contributed by atoms with Gasteiger partial charge in [0.05, 0.1) is 5.56 Å². The first-order valence-electron chi connectivity index (χ1n) is 5.06. The van der Waals surface area contributed by atoms with Gasteiger partial charge in [0, 0.05) is 10.7 Å². The van der Waals surface area contributed by atoms with E-state index in [1.807, 2.05) is 0 Å². The number of pyridine rings is 1. The minimum absolute atomic E-state index is 0.218. The van der Waals surface area contributed by atoms with Gasteiger partial charge in [0.1, 0.15) is 17.3 Å². The molecule has 17 heavy (non-hydrogen) atoms. The summed E-state index contributed by atoms with van der Waals surface area (Å²) in [4.78, 5) is 16.0. The molecule has 2 aromatic heterocycles. The molecule has 4 nitrogen and oxygen atoms in total. The van der Waals surface area contributed by atoms with E-state index in [4.69, 9.17) is 4.42 Å². The Labute approximate surface area is 107 Å². The maximum Gasteiger partial charge on any atom is 0.260 e. The predicted octanol–water partition coefficient (Wildman–Crippen LogP) is 3.31. The molecule has 0 fully saturated rings. The standard InChI is InChI=1S/C12H11BrN2O2/c1-7-5-10(8(2)17-7)12(16)15-11-6-9(13)3-4-14-11/h3-6H,1-2H3,(H,14,15,16). The molecule has 0 aliphatic carbocycles. The van der Waals surface area contributed by atoms with E-state index in [2.05, 4.69) is 26.2 Å². The van der Waals surface area contributed by atoms with Crippen LogP contribution in [0.1, 0.15) is 21.9 Å². The Morgan fingerprint density at radius 3 is 2.76 bits per heavy atom. The van der Waals surface area contributed by atoms with Crippen molar-refractivity contribution in [2.45, 2.75) is 13.8 Å². The van der Waals surface area contributed by atoms with Crippen molar-refractivity contribution in [2.75, 3.05) is 5.32 Å². The normalized spacial score (nSPS) is 10.3. The predicted molar refractivity (Wildman–Crippen MR) is 68.1 cm³/mol. The van der Waals surface area contributed by atoms with E-state index in [-0.39, 0.29) is 5.91 Å². The van der Waals surface area contributed by atoms with E-state index in [1.165, 1.54) is 0 Å². The summed E-state index contributed by atoms with van der Waals surface area (Å²) in [6, 6.07) is 5.24. The Morgan fingerprint density at radius 2 is 2.18 bits per heavy atom. The number of carbonyl (C=O) groups excluding carboxylic acids is 1. The summed E-state index contributed by atoms with van der Waals surface area (Å²) in [7, 11) is 0. The molecule has 5 heteroatoms. The number of aromatic nitrogens is 1. The number of halogens is 1. The molecule has 2 aromatic rings. The number of nitrogens with one attached hydrogen (secondary N) is 1. The highest BCUT2D eigenvalue weighted by Gasteiger charge is 2.13. The molecule has 2 rings (SSSR count). The van der Waals surface area contributed by atoms with Crippen LogP contribution in [0.4, 0.5) is 5.82 Å². The minimum Gasteiger partial charge on any atom is -0.466 e. The lowest BCUT2D eigenvalue weighted by Crippen LogP contribution is -2.13. The lowest BCUT2D eigenvalue weighted by Gasteiger charge is -2.03. The minimum atomic E-state index is -0.218. The van der Waals surface area contributed by atoms with Gasteiger partial charge in [0.2, 0.25) is 0 Å². The van der Waals surface area contributed by atoms with Gasteiger partial charge in [-0.25, -0.2) is 4.98 Å². The van der Waals surface area contributed by atoms with Crippen LogP contribution >= 0.6 is 15.9 Å². The SMILES string of the molecule is Cc1cc(C(=O)Nc2cc(Br)ccn2)c(C)o1. The summed E-state index contributed by atoms with van der Waals surface area (Å²) in [6.45, 7) is 3.57. The average molecular weight is 295 g/mol. The van der Waals surface area contributed by atoms with Gasteiger partial charge in [-0.15, -0.1) is 0 Å². The van der Waals surface area contributed by atoms with Crippen molar-refractivity contribution in [1.82, 2.24) is 4.98 Å². The number of anilines is 1. The van der Waals surface area contributed by atoms with Crippen molar-refractivity contribution in [3.63, 3.8) is 0 Å². The highest BCUT2D eigenvalue weighted by molar-refractivity contribution is 9.10. The van der Waals surface area contributed by atoms with Crippen LogP contribution in [0.15, 0.2) is 33.3 Å². The van der Waals surface area contributed by atoms with Crippen LogP contribution in [0, 0.1) is 13.8 Å². The maximum absolute atomic E-state index is 11.9. The first kappa shape index (κ1) is 11.9. The smallest absolute Gasteiger partial charge is 0.260 e. The molecular formula is C12H11BrN2O2. The van der Waals surface area contributed by atoms with Gasteiger partial charge in [-0.05, 0) is 32.0 Å². The number of hydrogen-bond acceptors (Lipinski definition) is 3. The number of rotatable bonds is 2. The van der Waals surface area contributed by atoms with Crippen molar-refractivity contribution in [3.05, 3.63) is 46.0 Å². The van der Waals surface area contributed by atoms with E-state index >= 15 is 0 Å². The molecule has 0 saturated heterocycles. The summed E-state index contributed by atoms with van der Waals surface area (Å²) in [5, 5.41) is 2.71. The van der Waals surface area contributed by atoms with Gasteiger partial charge >= 0.3 is 0 Å². The Balaban J connectivity index is 2.20. The average Bonchev–Trinajstić information content (AvgIpc) is 2.58. The van der Waals surface area contributed by atoms with Crippen molar-refractivity contribution in [3.8, 4) is 0 Å². The molecule has 0 aliphatic heterocycles. The molecular weight excluding hydrogens is 284 g/mol. The first-order valence-corrected chi connectivity index (χ1v) is 5.85. The zero-order valence-corrected chi connectivity index (χ0v) is 11.0. The first-order chi connectivity index (χ1) is 8.06. The van der Waals surface area contributed by atoms with Crippen molar-refractivity contribution in [1.29, 1.82) is 0 Å². The number of hydrogen-bond donors (Lipinski definition) is 1. The Kier molecular flexibility index (Phi) is 3.28. The van der Waals surface area contributed by atoms with Crippen LogP contribution < -0.4 is 5.32 Å². The van der Waals surface area contributed by atoms with Crippen LogP contribution in [0.3, 0.4) is 0 Å². The van der Waals surface area contributed by atoms with E-state index in [9.17, 15) is 4.79 Å². The van der Waals surface area contributed by atoms with Crippen LogP contribution in [0.5, 0.6) is 0 Å². The number of carbonyl (C=O) groups is 1. The van der Waals surface area contributed by atoms with E-state index in [0.717, 1.165) is 10.2 Å². The molecule has 2 heterocycles. The third kappa shape index (κ3) is 2.74. The van der Waals surface area contributed by atoms with Gasteiger partial charge in [-0.2, -0.15) is 0 Å². The Hall–Kier alpha value is -1.62. The fraction of sp³-hybridized carbons (Fsp3) is 0.167. The van der Waals surface area contributed by atoms with Crippen molar-refractivity contribution in [2.24, 2.45) is 0 Å². The second kappa shape index (κ2) is 4.71. The number of furan rings is 1. The molecule has 0 atom stereocenters. The second-order valence-electron chi connectivity index (χ2n) is 3.64. The monoisotopic (exact) mass is 294 g/mol. The Bertz CT molecular complexity index is 563. The Morgan fingerprint density at radius 1 is 1.41 bits per heavy atom.